The molecule has 0 aliphatic rings. The van der Waals surface area contributed by atoms with Gasteiger partial charge in [0.15, 0.2) is 0 Å². The highest BCUT2D eigenvalue weighted by Gasteiger charge is 2.18. The van der Waals surface area contributed by atoms with E-state index in [1.165, 1.54) is 0 Å². The molecule has 0 amide bonds. The lowest BCUT2D eigenvalue weighted by molar-refractivity contribution is 0.230. The van der Waals surface area contributed by atoms with Gasteiger partial charge in [-0.3, -0.25) is 4.90 Å². The highest BCUT2D eigenvalue weighted by Crippen LogP contribution is 2.27. The summed E-state index contributed by atoms with van der Waals surface area (Å²) in [6.07, 6.45) is 3.30. The van der Waals surface area contributed by atoms with Gasteiger partial charge in [0.2, 0.25) is 0 Å². The predicted octanol–water partition coefficient (Wildman–Crippen LogP) is 3.46. The van der Waals surface area contributed by atoms with Gasteiger partial charge < -0.3 is 10.2 Å². The quantitative estimate of drug-likeness (QED) is 0.848. The van der Waals surface area contributed by atoms with Crippen LogP contribution in [0.2, 0.25) is 0 Å². The zero-order valence-electron chi connectivity index (χ0n) is 12.6. The molecule has 1 aromatic heterocycles. The molecule has 4 heteroatoms. The van der Waals surface area contributed by atoms with Crippen molar-refractivity contribution in [2.45, 2.75) is 32.5 Å². The third kappa shape index (κ3) is 3.19. The van der Waals surface area contributed by atoms with E-state index < -0.39 is 0 Å². The van der Waals surface area contributed by atoms with Crippen LogP contribution in [-0.2, 0) is 13.1 Å². The lowest BCUT2D eigenvalue weighted by Crippen LogP contribution is -2.32. The van der Waals surface area contributed by atoms with Gasteiger partial charge in [0.05, 0.1) is 6.54 Å². The third-order valence-corrected chi connectivity index (χ3v) is 4.55. The van der Waals surface area contributed by atoms with E-state index in [4.69, 9.17) is 10.2 Å². The Bertz CT molecular complexity index is 552. The number of thioether (sulfide) groups is 1. The van der Waals surface area contributed by atoms with Crippen molar-refractivity contribution in [1.82, 2.24) is 4.90 Å². The van der Waals surface area contributed by atoms with E-state index in [2.05, 4.69) is 31.2 Å². The molecule has 0 aliphatic carbocycles. The molecule has 2 rings (SSSR count). The standard InChI is InChI=1S/C16H24N2OS/c1-4-12(11-20-3)18(2)10-16-14(9-17)13-7-5-6-8-15(13)19-16/h5-8,12H,4,9-11,17H2,1-3H3. The molecule has 1 unspecified atom stereocenters. The molecule has 0 fully saturated rings. The second kappa shape index (κ2) is 7.16. The zero-order chi connectivity index (χ0) is 14.5. The Kier molecular flexibility index (Phi) is 5.52. The summed E-state index contributed by atoms with van der Waals surface area (Å²) in [5.74, 6) is 2.15. The summed E-state index contributed by atoms with van der Waals surface area (Å²) in [7, 11) is 2.16. The van der Waals surface area contributed by atoms with Crippen molar-refractivity contribution >= 4 is 22.7 Å². The second-order valence-corrected chi connectivity index (χ2v) is 6.05. The van der Waals surface area contributed by atoms with Gasteiger partial charge in [0.1, 0.15) is 11.3 Å². The van der Waals surface area contributed by atoms with Crippen molar-refractivity contribution in [1.29, 1.82) is 0 Å². The number of rotatable bonds is 7. The molecular formula is C16H24N2OS. The molecule has 2 N–H and O–H groups in total. The molecule has 20 heavy (non-hydrogen) atoms. The minimum absolute atomic E-state index is 0.527. The number of nitrogens with two attached hydrogens (primary N) is 1. The molecule has 1 atom stereocenters. The number of hydrogen-bond donors (Lipinski definition) is 1. The largest absolute Gasteiger partial charge is 0.459 e. The summed E-state index contributed by atoms with van der Waals surface area (Å²) in [5.41, 5.74) is 8.01. The number of furan rings is 1. The van der Waals surface area contributed by atoms with E-state index in [0.29, 0.717) is 12.6 Å². The Morgan fingerprint density at radius 3 is 2.75 bits per heavy atom. The fourth-order valence-electron chi connectivity index (χ4n) is 2.61. The van der Waals surface area contributed by atoms with Crippen LogP contribution in [0.4, 0.5) is 0 Å². The Morgan fingerprint density at radius 1 is 1.35 bits per heavy atom. The molecule has 1 aromatic carbocycles. The average Bonchev–Trinajstić information content (AvgIpc) is 2.81. The van der Waals surface area contributed by atoms with Crippen LogP contribution in [0.1, 0.15) is 24.7 Å². The predicted molar refractivity (Wildman–Crippen MR) is 88.0 cm³/mol. The molecule has 110 valence electrons. The zero-order valence-corrected chi connectivity index (χ0v) is 13.4. The van der Waals surface area contributed by atoms with Crippen molar-refractivity contribution in [2.75, 3.05) is 19.1 Å². The molecule has 0 bridgehead atoms. The molecule has 0 saturated heterocycles. The van der Waals surface area contributed by atoms with Gasteiger partial charge in [-0.25, -0.2) is 0 Å². The lowest BCUT2D eigenvalue weighted by Gasteiger charge is -2.25. The van der Waals surface area contributed by atoms with Crippen molar-refractivity contribution < 1.29 is 4.42 Å². The van der Waals surface area contributed by atoms with Gasteiger partial charge in [0.25, 0.3) is 0 Å². The van der Waals surface area contributed by atoms with Crippen LogP contribution in [-0.4, -0.2) is 30.0 Å². The highest BCUT2D eigenvalue weighted by atomic mass is 32.2. The topological polar surface area (TPSA) is 42.4 Å². The van der Waals surface area contributed by atoms with E-state index in [-0.39, 0.29) is 0 Å². The minimum atomic E-state index is 0.527. The molecular weight excluding hydrogens is 268 g/mol. The first-order valence-corrected chi connectivity index (χ1v) is 8.49. The van der Waals surface area contributed by atoms with E-state index in [1.54, 1.807) is 0 Å². The van der Waals surface area contributed by atoms with Crippen molar-refractivity contribution in [3.63, 3.8) is 0 Å². The van der Waals surface area contributed by atoms with Crippen molar-refractivity contribution in [3.05, 3.63) is 35.6 Å². The first-order valence-electron chi connectivity index (χ1n) is 7.09. The molecule has 0 radical (unpaired) electrons. The SMILES string of the molecule is CCC(CSC)N(C)Cc1oc2ccccc2c1CN. The average molecular weight is 292 g/mol. The highest BCUT2D eigenvalue weighted by molar-refractivity contribution is 7.98. The van der Waals surface area contributed by atoms with Crippen molar-refractivity contribution in [2.24, 2.45) is 5.73 Å². The summed E-state index contributed by atoms with van der Waals surface area (Å²) in [5, 5.41) is 1.15. The first kappa shape index (κ1) is 15.4. The number of hydrogen-bond acceptors (Lipinski definition) is 4. The lowest BCUT2D eigenvalue weighted by atomic mass is 10.1. The van der Waals surface area contributed by atoms with Crippen LogP contribution in [0.3, 0.4) is 0 Å². The monoisotopic (exact) mass is 292 g/mol. The first-order chi connectivity index (χ1) is 9.71. The second-order valence-electron chi connectivity index (χ2n) is 5.14. The Balaban J connectivity index is 2.24. The Hall–Kier alpha value is -0.970. The van der Waals surface area contributed by atoms with Crippen LogP contribution in [0.25, 0.3) is 11.0 Å². The minimum Gasteiger partial charge on any atom is -0.459 e. The van der Waals surface area contributed by atoms with E-state index in [1.807, 2.05) is 30.0 Å². The van der Waals surface area contributed by atoms with Gasteiger partial charge in [-0.2, -0.15) is 11.8 Å². The van der Waals surface area contributed by atoms with Crippen LogP contribution in [0, 0.1) is 0 Å². The normalized spacial score (nSPS) is 13.2. The van der Waals surface area contributed by atoms with Gasteiger partial charge >= 0.3 is 0 Å². The fraction of sp³-hybridized carbons (Fsp3) is 0.500. The van der Waals surface area contributed by atoms with E-state index in [9.17, 15) is 0 Å². The van der Waals surface area contributed by atoms with Gasteiger partial charge in [-0.05, 0) is 25.8 Å². The van der Waals surface area contributed by atoms with E-state index in [0.717, 1.165) is 41.0 Å². The van der Waals surface area contributed by atoms with Crippen LogP contribution in [0.5, 0.6) is 0 Å². The third-order valence-electron chi connectivity index (χ3n) is 3.83. The Morgan fingerprint density at radius 2 is 2.10 bits per heavy atom. The summed E-state index contributed by atoms with van der Waals surface area (Å²) < 4.78 is 6.01. The molecule has 0 saturated carbocycles. The molecule has 3 nitrogen and oxygen atoms in total. The number of fused-ring (bicyclic) bond motifs is 1. The van der Waals surface area contributed by atoms with Gasteiger partial charge in [-0.15, -0.1) is 0 Å². The summed E-state index contributed by atoms with van der Waals surface area (Å²) in [6.45, 7) is 3.58. The molecule has 1 heterocycles. The maximum Gasteiger partial charge on any atom is 0.134 e. The molecule has 0 spiro atoms. The summed E-state index contributed by atoms with van der Waals surface area (Å²) >= 11 is 1.89. The number of benzene rings is 1. The van der Waals surface area contributed by atoms with Gasteiger partial charge in [-0.1, -0.05) is 25.1 Å². The van der Waals surface area contributed by atoms with Crippen LogP contribution < -0.4 is 5.73 Å². The molecule has 2 aromatic rings. The molecule has 0 aliphatic heterocycles. The summed E-state index contributed by atoms with van der Waals surface area (Å²) in [6, 6.07) is 8.71. The number of nitrogens with zero attached hydrogens (tertiary/aromatic N) is 1. The van der Waals surface area contributed by atoms with Crippen LogP contribution >= 0.6 is 11.8 Å². The smallest absolute Gasteiger partial charge is 0.134 e. The summed E-state index contributed by atoms with van der Waals surface area (Å²) in [4.78, 5) is 2.37. The van der Waals surface area contributed by atoms with Gasteiger partial charge in [0, 0.05) is 29.3 Å². The van der Waals surface area contributed by atoms with Crippen LogP contribution in [0.15, 0.2) is 28.7 Å². The van der Waals surface area contributed by atoms with E-state index >= 15 is 0 Å². The maximum atomic E-state index is 6.01. The maximum absolute atomic E-state index is 6.01. The number of para-hydroxylation sites is 1. The Labute approximate surface area is 125 Å². The van der Waals surface area contributed by atoms with Crippen molar-refractivity contribution in [3.8, 4) is 0 Å². The fourth-order valence-corrected chi connectivity index (χ4v) is 3.48.